The highest BCUT2D eigenvalue weighted by Crippen LogP contribution is 2.20. The van der Waals surface area contributed by atoms with Crippen LogP contribution >= 0.6 is 11.6 Å². The van der Waals surface area contributed by atoms with Crippen molar-refractivity contribution in [2.45, 2.75) is 26.4 Å². The molecule has 0 saturated carbocycles. The summed E-state index contributed by atoms with van der Waals surface area (Å²) in [5, 5.41) is 1.31. The van der Waals surface area contributed by atoms with Gasteiger partial charge in [0.25, 0.3) is 5.56 Å². The second-order valence-corrected chi connectivity index (χ2v) is 4.88. The lowest BCUT2D eigenvalue weighted by molar-refractivity contribution is 0.461. The van der Waals surface area contributed by atoms with Crippen molar-refractivity contribution in [3.63, 3.8) is 0 Å². The van der Waals surface area contributed by atoms with Crippen LogP contribution in [0.3, 0.4) is 0 Å². The number of aromatic nitrogens is 2. The number of benzene rings is 1. The number of rotatable bonds is 4. The Kier molecular flexibility index (Phi) is 3.96. The largest absolute Gasteiger partial charge is 0.278 e. The van der Waals surface area contributed by atoms with Crippen molar-refractivity contribution in [3.8, 4) is 0 Å². The lowest BCUT2D eigenvalue weighted by atomic mass is 10.2. The molecule has 0 N–H and O–H groups in total. The lowest BCUT2D eigenvalue weighted by Gasteiger charge is -2.14. The minimum Gasteiger partial charge on any atom is -0.278 e. The second kappa shape index (κ2) is 5.49. The van der Waals surface area contributed by atoms with Gasteiger partial charge in [-0.3, -0.25) is 9.48 Å². The van der Waals surface area contributed by atoms with Gasteiger partial charge in [0.2, 0.25) is 0 Å². The maximum Gasteiger partial charge on any atom is 0.275 e. The molecule has 0 aliphatic carbocycles. The van der Waals surface area contributed by atoms with Crippen molar-refractivity contribution < 1.29 is 0 Å². The Morgan fingerprint density at radius 1 is 1.47 bits per heavy atom. The maximum atomic E-state index is 12.5. The van der Waals surface area contributed by atoms with Gasteiger partial charge in [-0.15, -0.1) is 6.58 Å². The van der Waals surface area contributed by atoms with E-state index in [4.69, 9.17) is 11.6 Å². The minimum atomic E-state index is -0.0658. The van der Waals surface area contributed by atoms with Crippen molar-refractivity contribution in [1.82, 2.24) is 9.36 Å². The van der Waals surface area contributed by atoms with Crippen molar-refractivity contribution in [2.24, 2.45) is 0 Å². The van der Waals surface area contributed by atoms with E-state index in [-0.39, 0.29) is 11.6 Å². The van der Waals surface area contributed by atoms with E-state index < -0.39 is 0 Å². The van der Waals surface area contributed by atoms with Gasteiger partial charge in [-0.25, -0.2) is 4.68 Å². The van der Waals surface area contributed by atoms with E-state index in [9.17, 15) is 4.79 Å². The molecule has 0 saturated heterocycles. The van der Waals surface area contributed by atoms with E-state index in [1.165, 1.54) is 0 Å². The predicted molar refractivity (Wildman–Crippen MR) is 80.9 cm³/mol. The van der Waals surface area contributed by atoms with Crippen molar-refractivity contribution in [1.29, 1.82) is 0 Å². The number of hydrogen-bond donors (Lipinski definition) is 0. The molecule has 1 unspecified atom stereocenters. The Morgan fingerprint density at radius 3 is 2.84 bits per heavy atom. The van der Waals surface area contributed by atoms with Gasteiger partial charge in [0.15, 0.2) is 0 Å². The number of allylic oxidation sites excluding steroid dienone is 3. The topological polar surface area (TPSA) is 26.9 Å². The molecule has 4 heteroatoms. The first-order chi connectivity index (χ1) is 9.10. The highest BCUT2D eigenvalue weighted by Gasteiger charge is 2.15. The monoisotopic (exact) mass is 276 g/mol. The SMILES string of the molecule is C=CC(C)n1c(=O)c2ccc(Cl)cc2n1C/C=C/C. The highest BCUT2D eigenvalue weighted by molar-refractivity contribution is 6.31. The van der Waals surface area contributed by atoms with E-state index in [0.29, 0.717) is 17.0 Å². The standard InChI is InChI=1S/C15H17ClN2O/c1-4-6-9-17-14-10-12(16)7-8-13(14)15(19)18(17)11(3)5-2/h4-8,10-11H,2,9H2,1,3H3/b6-4+. The first kappa shape index (κ1) is 13.7. The van der Waals surface area contributed by atoms with Gasteiger partial charge in [-0.2, -0.15) is 0 Å². The summed E-state index contributed by atoms with van der Waals surface area (Å²) in [5.41, 5.74) is 0.841. The van der Waals surface area contributed by atoms with Crippen LogP contribution in [0.15, 0.2) is 47.8 Å². The number of hydrogen-bond acceptors (Lipinski definition) is 1. The molecule has 19 heavy (non-hydrogen) atoms. The van der Waals surface area contributed by atoms with Crippen LogP contribution in [0.4, 0.5) is 0 Å². The van der Waals surface area contributed by atoms with Crippen LogP contribution in [0.1, 0.15) is 19.9 Å². The van der Waals surface area contributed by atoms with E-state index in [1.807, 2.05) is 36.7 Å². The van der Waals surface area contributed by atoms with Crippen molar-refractivity contribution in [2.75, 3.05) is 0 Å². The summed E-state index contributed by atoms with van der Waals surface area (Å²) >= 11 is 6.04. The Bertz CT molecular complexity index is 694. The van der Waals surface area contributed by atoms with Gasteiger partial charge >= 0.3 is 0 Å². The summed E-state index contributed by atoms with van der Waals surface area (Å²) in [5.74, 6) is 0. The van der Waals surface area contributed by atoms with Crippen LogP contribution in [0.25, 0.3) is 10.9 Å². The quantitative estimate of drug-likeness (QED) is 0.781. The molecule has 0 amide bonds. The zero-order valence-corrected chi connectivity index (χ0v) is 11.9. The molecule has 0 fully saturated rings. The molecule has 1 aromatic carbocycles. The van der Waals surface area contributed by atoms with Gasteiger partial charge in [-0.05, 0) is 32.0 Å². The maximum absolute atomic E-state index is 12.5. The summed E-state index contributed by atoms with van der Waals surface area (Å²) < 4.78 is 3.66. The summed E-state index contributed by atoms with van der Waals surface area (Å²) in [4.78, 5) is 12.5. The summed E-state index contributed by atoms with van der Waals surface area (Å²) in [6.07, 6.45) is 5.73. The van der Waals surface area contributed by atoms with Gasteiger partial charge < -0.3 is 0 Å². The van der Waals surface area contributed by atoms with Crippen molar-refractivity contribution >= 4 is 22.5 Å². The van der Waals surface area contributed by atoms with Crippen LogP contribution < -0.4 is 5.56 Å². The highest BCUT2D eigenvalue weighted by atomic mass is 35.5. The van der Waals surface area contributed by atoms with E-state index in [1.54, 1.807) is 22.9 Å². The summed E-state index contributed by atoms with van der Waals surface area (Å²) in [7, 11) is 0. The first-order valence-corrected chi connectivity index (χ1v) is 6.62. The normalized spacial score (nSPS) is 13.2. The van der Waals surface area contributed by atoms with Crippen LogP contribution in [0.5, 0.6) is 0 Å². The molecule has 0 radical (unpaired) electrons. The van der Waals surface area contributed by atoms with Gasteiger partial charge in [0.05, 0.1) is 23.5 Å². The predicted octanol–water partition coefficient (Wildman–Crippen LogP) is 3.78. The lowest BCUT2D eigenvalue weighted by Crippen LogP contribution is -2.25. The third-order valence-corrected chi connectivity index (χ3v) is 3.41. The van der Waals surface area contributed by atoms with Crippen LogP contribution in [-0.4, -0.2) is 9.36 Å². The van der Waals surface area contributed by atoms with Gasteiger partial charge in [0.1, 0.15) is 0 Å². The number of fused-ring (bicyclic) bond motifs is 1. The Hall–Kier alpha value is -1.74. The summed E-state index contributed by atoms with van der Waals surface area (Å²) in [6, 6.07) is 5.28. The van der Waals surface area contributed by atoms with Crippen LogP contribution in [0, 0.1) is 0 Å². The zero-order chi connectivity index (χ0) is 14.0. The molecule has 3 nitrogen and oxygen atoms in total. The fourth-order valence-corrected chi connectivity index (χ4v) is 2.31. The Labute approximate surface area is 117 Å². The number of nitrogens with zero attached hydrogens (tertiary/aromatic N) is 2. The summed E-state index contributed by atoms with van der Waals surface area (Å²) in [6.45, 7) is 8.30. The Balaban J connectivity index is 2.80. The Morgan fingerprint density at radius 2 is 2.21 bits per heavy atom. The zero-order valence-electron chi connectivity index (χ0n) is 11.1. The first-order valence-electron chi connectivity index (χ1n) is 6.24. The van der Waals surface area contributed by atoms with Gasteiger partial charge in [0, 0.05) is 5.02 Å². The molecule has 1 heterocycles. The molecule has 1 atom stereocenters. The van der Waals surface area contributed by atoms with Gasteiger partial charge in [-0.1, -0.05) is 29.8 Å². The minimum absolute atomic E-state index is 0.0106. The number of halogens is 1. The molecule has 0 aliphatic heterocycles. The molecule has 0 spiro atoms. The van der Waals surface area contributed by atoms with Crippen LogP contribution in [0.2, 0.25) is 5.02 Å². The van der Waals surface area contributed by atoms with E-state index >= 15 is 0 Å². The molecular formula is C15H17ClN2O. The molecule has 2 aromatic rings. The second-order valence-electron chi connectivity index (χ2n) is 4.44. The van der Waals surface area contributed by atoms with Crippen LogP contribution in [-0.2, 0) is 6.54 Å². The average Bonchev–Trinajstić information content (AvgIpc) is 2.68. The fraction of sp³-hybridized carbons (Fsp3) is 0.267. The van der Waals surface area contributed by atoms with Crippen molar-refractivity contribution in [3.05, 3.63) is 58.4 Å². The molecule has 2 rings (SSSR count). The molecule has 0 bridgehead atoms. The van der Waals surface area contributed by atoms with E-state index in [2.05, 4.69) is 6.58 Å². The fourth-order valence-electron chi connectivity index (χ4n) is 2.14. The third-order valence-electron chi connectivity index (χ3n) is 3.18. The molecule has 1 aromatic heterocycles. The molecule has 100 valence electrons. The molecular weight excluding hydrogens is 260 g/mol. The smallest absolute Gasteiger partial charge is 0.275 e. The average molecular weight is 277 g/mol. The van der Waals surface area contributed by atoms with E-state index in [0.717, 1.165) is 5.52 Å². The molecule has 0 aliphatic rings. The third kappa shape index (κ3) is 2.38.